The van der Waals surface area contributed by atoms with Gasteiger partial charge < -0.3 is 9.72 Å². The third-order valence-corrected chi connectivity index (χ3v) is 4.62. The van der Waals surface area contributed by atoms with Gasteiger partial charge in [0, 0.05) is 12.5 Å². The number of halogens is 6. The van der Waals surface area contributed by atoms with Gasteiger partial charge in [0.25, 0.3) is 23.1 Å². The predicted molar refractivity (Wildman–Crippen MR) is 109 cm³/mol. The first-order valence-electron chi connectivity index (χ1n) is 9.59. The Balaban J connectivity index is 2.35. The lowest BCUT2D eigenvalue weighted by atomic mass is 9.97. The molecule has 1 heterocycles. The fourth-order valence-electron chi connectivity index (χ4n) is 2.85. The van der Waals surface area contributed by atoms with E-state index in [-0.39, 0.29) is 11.6 Å². The maximum atomic E-state index is 14.0. The number of hydrogen-bond acceptors (Lipinski definition) is 6. The van der Waals surface area contributed by atoms with E-state index in [0.29, 0.717) is 0 Å². The Hall–Kier alpha value is -4.21. The fraction of sp³-hybridized carbons (Fsp3) is 0.250. The second kappa shape index (κ2) is 10.6. The largest absolute Gasteiger partial charge is 0.427 e. The summed E-state index contributed by atoms with van der Waals surface area (Å²) < 4.78 is 85.3. The number of alkyl halides is 6. The number of nitrogens with one attached hydrogen (secondary N) is 3. The fourth-order valence-corrected chi connectivity index (χ4v) is 2.85. The number of aromatic nitrogens is 1. The van der Waals surface area contributed by atoms with Gasteiger partial charge in [0.1, 0.15) is 5.56 Å². The van der Waals surface area contributed by atoms with Gasteiger partial charge in [-0.05, 0) is 5.56 Å². The van der Waals surface area contributed by atoms with Gasteiger partial charge in [0.05, 0.1) is 11.5 Å². The molecule has 16 heteroatoms. The number of nitro groups is 1. The number of hydrazine groups is 1. The second-order valence-electron chi connectivity index (χ2n) is 7.03. The molecule has 0 fully saturated rings. The van der Waals surface area contributed by atoms with Crippen molar-refractivity contribution in [2.75, 3.05) is 0 Å². The number of nitrogens with zero attached hydrogens (tertiary/aromatic N) is 1. The number of hydrogen-bond donors (Lipinski definition) is 3. The van der Waals surface area contributed by atoms with Crippen molar-refractivity contribution in [2.24, 2.45) is 0 Å². The Morgan fingerprint density at radius 2 is 1.72 bits per heavy atom. The molecule has 36 heavy (non-hydrogen) atoms. The van der Waals surface area contributed by atoms with Crippen LogP contribution < -0.4 is 16.4 Å². The Morgan fingerprint density at radius 3 is 2.22 bits per heavy atom. The Labute approximate surface area is 197 Å². The highest BCUT2D eigenvalue weighted by Gasteiger charge is 2.61. The van der Waals surface area contributed by atoms with Gasteiger partial charge in [-0.15, -0.1) is 6.58 Å². The zero-order chi connectivity index (χ0) is 27.3. The molecule has 0 bridgehead atoms. The lowest BCUT2D eigenvalue weighted by Crippen LogP contribution is -2.61. The van der Waals surface area contributed by atoms with Crippen LogP contribution in [0, 0.1) is 10.1 Å². The van der Waals surface area contributed by atoms with Crippen LogP contribution in [-0.4, -0.2) is 33.5 Å². The number of carbonyl (C=O) groups is 2. The highest BCUT2D eigenvalue weighted by atomic mass is 19.4. The summed E-state index contributed by atoms with van der Waals surface area (Å²) in [5, 5.41) is 11.1. The lowest BCUT2D eigenvalue weighted by molar-refractivity contribution is -0.385. The highest BCUT2D eigenvalue weighted by molar-refractivity contribution is 5.98. The van der Waals surface area contributed by atoms with Gasteiger partial charge in [0.2, 0.25) is 5.60 Å². The van der Waals surface area contributed by atoms with Crippen LogP contribution in [0.1, 0.15) is 28.0 Å². The molecule has 1 aromatic carbocycles. The molecular formula is C20H16F6N4O6. The van der Waals surface area contributed by atoms with Crippen molar-refractivity contribution in [1.29, 1.82) is 0 Å². The van der Waals surface area contributed by atoms with Crippen LogP contribution >= 0.6 is 0 Å². The van der Waals surface area contributed by atoms with E-state index in [9.17, 15) is 50.8 Å². The molecular weight excluding hydrogens is 506 g/mol. The van der Waals surface area contributed by atoms with Crippen LogP contribution in [0.3, 0.4) is 0 Å². The van der Waals surface area contributed by atoms with Crippen molar-refractivity contribution in [3.63, 3.8) is 0 Å². The average molecular weight is 522 g/mol. The van der Waals surface area contributed by atoms with Crippen LogP contribution in [0.4, 0.5) is 32.0 Å². The van der Waals surface area contributed by atoms with Crippen molar-refractivity contribution < 1.29 is 45.6 Å². The van der Waals surface area contributed by atoms with Gasteiger partial charge in [-0.2, -0.15) is 26.3 Å². The molecule has 0 unspecified atom stereocenters. The van der Waals surface area contributed by atoms with E-state index >= 15 is 0 Å². The van der Waals surface area contributed by atoms with E-state index in [2.05, 4.69) is 6.58 Å². The van der Waals surface area contributed by atoms with Crippen molar-refractivity contribution in [2.45, 2.75) is 31.0 Å². The zero-order valence-electron chi connectivity index (χ0n) is 17.8. The predicted octanol–water partition coefficient (Wildman–Crippen LogP) is 3.16. The summed E-state index contributed by atoms with van der Waals surface area (Å²) in [6, 6.07) is 7.18. The SMILES string of the molecule is C=CC[C@@](OCc1ccccc1)(C(=O)NNC(=O)c1[nH]c(=O)c(C(F)(F)F)cc1[N+](=O)[O-])C(F)(F)F. The van der Waals surface area contributed by atoms with Crippen LogP contribution in [0.5, 0.6) is 0 Å². The molecule has 2 amide bonds. The van der Waals surface area contributed by atoms with E-state index in [1.165, 1.54) is 40.1 Å². The summed E-state index contributed by atoms with van der Waals surface area (Å²) in [6.07, 6.45) is -11.1. The topological polar surface area (TPSA) is 143 Å². The molecule has 0 saturated carbocycles. The first kappa shape index (κ1) is 28.0. The molecule has 1 atom stereocenters. The molecule has 3 N–H and O–H groups in total. The molecule has 194 valence electrons. The molecule has 2 rings (SSSR count). The van der Waals surface area contributed by atoms with Crippen molar-refractivity contribution in [3.05, 3.63) is 86.3 Å². The summed E-state index contributed by atoms with van der Waals surface area (Å²) in [7, 11) is 0. The van der Waals surface area contributed by atoms with Crippen LogP contribution in [0.2, 0.25) is 0 Å². The molecule has 0 saturated heterocycles. The monoisotopic (exact) mass is 522 g/mol. The summed E-state index contributed by atoms with van der Waals surface area (Å²) in [5.41, 5.74) is -7.36. The van der Waals surface area contributed by atoms with Crippen LogP contribution in [-0.2, 0) is 22.3 Å². The van der Waals surface area contributed by atoms with Crippen LogP contribution in [0.25, 0.3) is 0 Å². The summed E-state index contributed by atoms with van der Waals surface area (Å²) in [5.74, 6) is -3.75. The van der Waals surface area contributed by atoms with E-state index in [4.69, 9.17) is 4.74 Å². The number of pyridine rings is 1. The smallest absolute Gasteiger partial charge is 0.352 e. The van der Waals surface area contributed by atoms with E-state index in [0.717, 1.165) is 6.08 Å². The number of rotatable bonds is 8. The quantitative estimate of drug-likeness (QED) is 0.210. The number of amides is 2. The minimum absolute atomic E-state index is 0.226. The standard InChI is InChI=1S/C20H16F6N4O6/c1-2-8-18(20(24,25)26,36-10-11-6-4-3-5-7-11)17(33)29-28-16(32)14-13(30(34)35)9-12(15(31)27-14)19(21,22)23/h2-7,9H,1,8,10H2,(H,27,31)(H,28,32)(H,29,33)/t18-/m1/s1. The van der Waals surface area contributed by atoms with Gasteiger partial charge in [-0.3, -0.25) is 35.3 Å². The second-order valence-corrected chi connectivity index (χ2v) is 7.03. The molecule has 0 spiro atoms. The summed E-state index contributed by atoms with van der Waals surface area (Å²) in [4.78, 5) is 47.5. The van der Waals surface area contributed by atoms with Gasteiger partial charge in [-0.1, -0.05) is 36.4 Å². The van der Waals surface area contributed by atoms with Gasteiger partial charge >= 0.3 is 12.4 Å². The third kappa shape index (κ3) is 6.07. The van der Waals surface area contributed by atoms with E-state index < -0.39 is 70.2 Å². The Bertz CT molecular complexity index is 1210. The maximum Gasteiger partial charge on any atom is 0.427 e. The first-order valence-corrected chi connectivity index (χ1v) is 9.59. The Kier molecular flexibility index (Phi) is 8.25. The maximum absolute atomic E-state index is 14.0. The zero-order valence-corrected chi connectivity index (χ0v) is 17.8. The van der Waals surface area contributed by atoms with Crippen molar-refractivity contribution in [3.8, 4) is 0 Å². The number of H-pyrrole nitrogens is 1. The molecule has 0 aliphatic rings. The number of ether oxygens (including phenoxy) is 1. The van der Waals surface area contributed by atoms with Crippen molar-refractivity contribution in [1.82, 2.24) is 15.8 Å². The number of carbonyl (C=O) groups excluding carboxylic acids is 2. The van der Waals surface area contributed by atoms with Gasteiger partial charge in [0.15, 0.2) is 5.69 Å². The van der Waals surface area contributed by atoms with Crippen molar-refractivity contribution >= 4 is 17.5 Å². The molecule has 1 aromatic heterocycles. The summed E-state index contributed by atoms with van der Waals surface area (Å²) in [6.45, 7) is 2.45. The molecule has 0 aliphatic heterocycles. The lowest BCUT2D eigenvalue weighted by Gasteiger charge is -2.33. The number of benzene rings is 1. The first-order chi connectivity index (χ1) is 16.6. The Morgan fingerprint density at radius 1 is 1.11 bits per heavy atom. The molecule has 10 nitrogen and oxygen atoms in total. The van der Waals surface area contributed by atoms with Crippen LogP contribution in [0.15, 0.2) is 53.8 Å². The van der Waals surface area contributed by atoms with E-state index in [1.807, 2.05) is 0 Å². The van der Waals surface area contributed by atoms with Gasteiger partial charge in [-0.25, -0.2) is 0 Å². The third-order valence-electron chi connectivity index (χ3n) is 4.62. The minimum Gasteiger partial charge on any atom is -0.352 e. The van der Waals surface area contributed by atoms with E-state index in [1.54, 1.807) is 6.07 Å². The molecule has 0 aliphatic carbocycles. The normalized spacial score (nSPS) is 13.4. The minimum atomic E-state index is -5.36. The number of aromatic amines is 1. The average Bonchev–Trinajstić information content (AvgIpc) is 2.78. The summed E-state index contributed by atoms with van der Waals surface area (Å²) >= 11 is 0. The highest BCUT2D eigenvalue weighted by Crippen LogP contribution is 2.38. The molecule has 2 aromatic rings. The molecule has 0 radical (unpaired) electrons.